The molecule has 2 rings (SSSR count). The van der Waals surface area contributed by atoms with Gasteiger partial charge in [0.2, 0.25) is 5.95 Å². The number of pyridine rings is 1. The average molecular weight is 272 g/mol. The molecule has 5 nitrogen and oxygen atoms in total. The summed E-state index contributed by atoms with van der Waals surface area (Å²) in [4.78, 5) is 15.0. The molecular formula is C11H13FN2O3S. The molecule has 1 N–H and O–H groups in total. The SMILES string of the molecule is CS(=O)(=O)C1(CNC(=O)c2ccnc(F)c2)CC1. The Morgan fingerprint density at radius 1 is 1.56 bits per heavy atom. The predicted molar refractivity (Wildman–Crippen MR) is 63.3 cm³/mol. The molecule has 1 fully saturated rings. The van der Waals surface area contributed by atoms with E-state index in [1.165, 1.54) is 12.3 Å². The molecule has 0 atom stereocenters. The first-order valence-electron chi connectivity index (χ1n) is 5.43. The molecule has 1 aromatic heterocycles. The highest BCUT2D eigenvalue weighted by Crippen LogP contribution is 2.42. The molecule has 18 heavy (non-hydrogen) atoms. The largest absolute Gasteiger partial charge is 0.350 e. The van der Waals surface area contributed by atoms with Crippen molar-refractivity contribution >= 4 is 15.7 Å². The van der Waals surface area contributed by atoms with Crippen LogP contribution in [0.5, 0.6) is 0 Å². The summed E-state index contributed by atoms with van der Waals surface area (Å²) in [6.45, 7) is 0.0641. The van der Waals surface area contributed by atoms with Gasteiger partial charge in [-0.1, -0.05) is 0 Å². The molecule has 0 aliphatic heterocycles. The Balaban J connectivity index is 2.02. The number of hydrogen-bond acceptors (Lipinski definition) is 4. The monoisotopic (exact) mass is 272 g/mol. The molecule has 0 radical (unpaired) electrons. The fourth-order valence-corrected chi connectivity index (χ4v) is 2.88. The number of nitrogens with one attached hydrogen (secondary N) is 1. The molecule has 1 saturated carbocycles. The second-order valence-electron chi connectivity index (χ2n) is 4.51. The van der Waals surface area contributed by atoms with E-state index in [1.807, 2.05) is 0 Å². The van der Waals surface area contributed by atoms with Gasteiger partial charge >= 0.3 is 0 Å². The summed E-state index contributed by atoms with van der Waals surface area (Å²) in [7, 11) is -3.18. The van der Waals surface area contributed by atoms with Crippen LogP contribution in [0.2, 0.25) is 0 Å². The summed E-state index contributed by atoms with van der Waals surface area (Å²) in [6, 6.07) is 2.38. The van der Waals surface area contributed by atoms with Crippen LogP contribution in [-0.4, -0.2) is 36.9 Å². The van der Waals surface area contributed by atoms with E-state index in [4.69, 9.17) is 0 Å². The van der Waals surface area contributed by atoms with Crippen LogP contribution >= 0.6 is 0 Å². The lowest BCUT2D eigenvalue weighted by Gasteiger charge is -2.13. The Labute approximate surface area is 104 Å². The Morgan fingerprint density at radius 3 is 2.72 bits per heavy atom. The second kappa shape index (κ2) is 4.31. The van der Waals surface area contributed by atoms with Crippen LogP contribution in [0.3, 0.4) is 0 Å². The van der Waals surface area contributed by atoms with E-state index < -0.39 is 26.4 Å². The number of carbonyl (C=O) groups is 1. The quantitative estimate of drug-likeness (QED) is 0.811. The van der Waals surface area contributed by atoms with Gasteiger partial charge < -0.3 is 5.32 Å². The standard InChI is InChI=1S/C11H13FN2O3S/c1-18(16,17)11(3-4-11)7-14-10(15)8-2-5-13-9(12)6-8/h2,5-6H,3-4,7H2,1H3,(H,14,15). The number of rotatable bonds is 4. The number of carbonyl (C=O) groups excluding carboxylic acids is 1. The first kappa shape index (κ1) is 12.9. The number of aromatic nitrogens is 1. The number of sulfone groups is 1. The number of hydrogen-bond donors (Lipinski definition) is 1. The van der Waals surface area contributed by atoms with Gasteiger partial charge in [-0.3, -0.25) is 4.79 Å². The van der Waals surface area contributed by atoms with Crippen LogP contribution in [-0.2, 0) is 9.84 Å². The molecule has 1 aliphatic carbocycles. The van der Waals surface area contributed by atoms with Gasteiger partial charge in [-0.15, -0.1) is 0 Å². The first-order valence-corrected chi connectivity index (χ1v) is 7.33. The minimum atomic E-state index is -3.18. The van der Waals surface area contributed by atoms with Crippen LogP contribution in [0.1, 0.15) is 23.2 Å². The van der Waals surface area contributed by atoms with Crippen LogP contribution in [0.25, 0.3) is 0 Å². The van der Waals surface area contributed by atoms with Gasteiger partial charge in [0.1, 0.15) is 0 Å². The van der Waals surface area contributed by atoms with Crippen molar-refractivity contribution in [2.24, 2.45) is 0 Å². The van der Waals surface area contributed by atoms with Crippen molar-refractivity contribution in [3.63, 3.8) is 0 Å². The van der Waals surface area contributed by atoms with E-state index in [0.29, 0.717) is 12.8 Å². The highest BCUT2D eigenvalue weighted by molar-refractivity contribution is 7.92. The molecular weight excluding hydrogens is 259 g/mol. The van der Waals surface area contributed by atoms with Crippen molar-refractivity contribution in [2.75, 3.05) is 12.8 Å². The molecule has 0 saturated heterocycles. The summed E-state index contributed by atoms with van der Waals surface area (Å²) in [5.74, 6) is -1.24. The van der Waals surface area contributed by atoms with Gasteiger partial charge in [-0.2, -0.15) is 4.39 Å². The maximum Gasteiger partial charge on any atom is 0.251 e. The minimum Gasteiger partial charge on any atom is -0.350 e. The maximum atomic E-state index is 12.8. The molecule has 1 aliphatic rings. The second-order valence-corrected chi connectivity index (χ2v) is 6.92. The smallest absolute Gasteiger partial charge is 0.251 e. The highest BCUT2D eigenvalue weighted by atomic mass is 32.2. The van der Waals surface area contributed by atoms with Gasteiger partial charge in [0.25, 0.3) is 5.91 Å². The van der Waals surface area contributed by atoms with E-state index in [-0.39, 0.29) is 12.1 Å². The molecule has 1 aromatic rings. The summed E-state index contributed by atoms with van der Waals surface area (Å²) in [6.07, 6.45) is 3.46. The van der Waals surface area contributed by atoms with E-state index in [2.05, 4.69) is 10.3 Å². The fraction of sp³-hybridized carbons (Fsp3) is 0.455. The van der Waals surface area contributed by atoms with Crippen LogP contribution in [0.4, 0.5) is 4.39 Å². The zero-order valence-electron chi connectivity index (χ0n) is 9.81. The third-order valence-corrected chi connectivity index (χ3v) is 5.28. The van der Waals surface area contributed by atoms with Crippen LogP contribution < -0.4 is 5.32 Å². The lowest BCUT2D eigenvalue weighted by Crippen LogP contribution is -2.38. The summed E-state index contributed by atoms with van der Waals surface area (Å²) < 4.78 is 35.0. The van der Waals surface area contributed by atoms with Crippen molar-refractivity contribution in [1.29, 1.82) is 0 Å². The lowest BCUT2D eigenvalue weighted by atomic mass is 10.2. The molecule has 1 heterocycles. The summed E-state index contributed by atoms with van der Waals surface area (Å²) in [5, 5.41) is 2.52. The van der Waals surface area contributed by atoms with Crippen LogP contribution in [0.15, 0.2) is 18.3 Å². The maximum absolute atomic E-state index is 12.8. The molecule has 7 heteroatoms. The third kappa shape index (κ3) is 2.50. The van der Waals surface area contributed by atoms with Gasteiger partial charge in [0, 0.05) is 30.6 Å². The zero-order chi connectivity index (χ0) is 13.4. The first-order chi connectivity index (χ1) is 8.34. The third-order valence-electron chi connectivity index (χ3n) is 3.15. The number of amides is 1. The Morgan fingerprint density at radius 2 is 2.22 bits per heavy atom. The minimum absolute atomic E-state index is 0.0641. The van der Waals surface area contributed by atoms with Crippen molar-refractivity contribution < 1.29 is 17.6 Å². The van der Waals surface area contributed by atoms with Crippen molar-refractivity contribution in [3.05, 3.63) is 29.8 Å². The topological polar surface area (TPSA) is 76.1 Å². The molecule has 1 amide bonds. The Bertz CT molecular complexity index is 582. The summed E-state index contributed by atoms with van der Waals surface area (Å²) >= 11 is 0. The highest BCUT2D eigenvalue weighted by Gasteiger charge is 2.52. The Hall–Kier alpha value is -1.50. The molecule has 0 bridgehead atoms. The van der Waals surface area contributed by atoms with Gasteiger partial charge in [-0.05, 0) is 18.9 Å². The number of nitrogens with zero attached hydrogens (tertiary/aromatic N) is 1. The fourth-order valence-electron chi connectivity index (χ4n) is 1.71. The van der Waals surface area contributed by atoms with Crippen LogP contribution in [0, 0.1) is 5.95 Å². The zero-order valence-corrected chi connectivity index (χ0v) is 10.6. The van der Waals surface area contributed by atoms with E-state index in [0.717, 1.165) is 12.3 Å². The molecule has 0 unspecified atom stereocenters. The van der Waals surface area contributed by atoms with Gasteiger partial charge in [0.15, 0.2) is 9.84 Å². The van der Waals surface area contributed by atoms with E-state index in [1.54, 1.807) is 0 Å². The van der Waals surface area contributed by atoms with Gasteiger partial charge in [0.05, 0.1) is 4.75 Å². The number of halogens is 1. The molecule has 0 aromatic carbocycles. The Kier molecular flexibility index (Phi) is 3.10. The van der Waals surface area contributed by atoms with E-state index in [9.17, 15) is 17.6 Å². The summed E-state index contributed by atoms with van der Waals surface area (Å²) in [5.41, 5.74) is 0.131. The normalized spacial score (nSPS) is 17.2. The molecule has 0 spiro atoms. The van der Waals surface area contributed by atoms with Crippen molar-refractivity contribution in [1.82, 2.24) is 10.3 Å². The lowest BCUT2D eigenvalue weighted by molar-refractivity contribution is 0.0952. The predicted octanol–water partition coefficient (Wildman–Crippen LogP) is 0.528. The van der Waals surface area contributed by atoms with Crippen molar-refractivity contribution in [3.8, 4) is 0 Å². The molecule has 98 valence electrons. The van der Waals surface area contributed by atoms with E-state index >= 15 is 0 Å². The van der Waals surface area contributed by atoms with Gasteiger partial charge in [-0.25, -0.2) is 13.4 Å². The average Bonchev–Trinajstić information content (AvgIpc) is 3.06. The van der Waals surface area contributed by atoms with Crippen molar-refractivity contribution in [2.45, 2.75) is 17.6 Å².